The van der Waals surface area contributed by atoms with Gasteiger partial charge in [-0.2, -0.15) is 0 Å². The Balaban J connectivity index is 0.000000618. The van der Waals surface area contributed by atoms with Crippen molar-refractivity contribution in [2.45, 2.75) is 78.9 Å². The molecule has 28 heavy (non-hydrogen) atoms. The van der Waals surface area contributed by atoms with E-state index in [1.54, 1.807) is 0 Å². The molecule has 1 aliphatic rings. The predicted octanol–water partition coefficient (Wildman–Crippen LogP) is 7.03. The van der Waals surface area contributed by atoms with E-state index in [1.807, 2.05) is 32.9 Å². The van der Waals surface area contributed by atoms with Crippen LogP contribution < -0.4 is 0 Å². The van der Waals surface area contributed by atoms with Crippen molar-refractivity contribution < 1.29 is 14.3 Å². The van der Waals surface area contributed by atoms with Crippen LogP contribution in [0.3, 0.4) is 0 Å². The summed E-state index contributed by atoms with van der Waals surface area (Å²) in [5, 5.41) is 0. The number of aldehydes is 1. The number of hydrogen-bond donors (Lipinski definition) is 0. The van der Waals surface area contributed by atoms with E-state index in [0.29, 0.717) is 5.92 Å². The smallest absolute Gasteiger partial charge is 0.154 e. The van der Waals surface area contributed by atoms with Gasteiger partial charge in [-0.1, -0.05) is 51.3 Å². The fraction of sp³-hybridized carbons (Fsp3) is 0.640. The first-order valence-electron chi connectivity index (χ1n) is 10.8. The van der Waals surface area contributed by atoms with Gasteiger partial charge in [0, 0.05) is 18.8 Å². The molecule has 1 fully saturated rings. The maximum atomic E-state index is 10.9. The van der Waals surface area contributed by atoms with Gasteiger partial charge in [-0.25, -0.2) is 0 Å². The average Bonchev–Trinajstić information content (AvgIpc) is 2.75. The third-order valence-corrected chi connectivity index (χ3v) is 5.48. The minimum Gasteiger partial charge on any atom is -0.353 e. The monoisotopic (exact) mass is 390 g/mol. The van der Waals surface area contributed by atoms with Crippen LogP contribution in [-0.4, -0.2) is 25.8 Å². The molecular formula is C25H42O3. The van der Waals surface area contributed by atoms with Gasteiger partial charge in [-0.3, -0.25) is 4.79 Å². The Kier molecular flexibility index (Phi) is 15.6. The lowest BCUT2D eigenvalue weighted by atomic mass is 9.73. The molecule has 0 spiro atoms. The largest absolute Gasteiger partial charge is 0.353 e. The number of carbonyl (C=O) groups is 1. The number of hydrogen-bond acceptors (Lipinski definition) is 3. The van der Waals surface area contributed by atoms with Crippen molar-refractivity contribution in [3.05, 3.63) is 48.6 Å². The van der Waals surface area contributed by atoms with Gasteiger partial charge in [0.15, 0.2) is 6.29 Å². The molecule has 3 atom stereocenters. The summed E-state index contributed by atoms with van der Waals surface area (Å²) in [6, 6.07) is 8.13. The van der Waals surface area contributed by atoms with Gasteiger partial charge in [-0.05, 0) is 63.0 Å². The van der Waals surface area contributed by atoms with Crippen molar-refractivity contribution in [2.24, 2.45) is 11.8 Å². The van der Waals surface area contributed by atoms with Gasteiger partial charge < -0.3 is 9.47 Å². The Labute approximate surface area is 173 Å². The van der Waals surface area contributed by atoms with Crippen molar-refractivity contribution in [2.75, 3.05) is 13.2 Å². The molecule has 0 aromatic heterocycles. The molecule has 160 valence electrons. The van der Waals surface area contributed by atoms with Crippen molar-refractivity contribution >= 4 is 6.29 Å². The molecule has 0 amide bonds. The molecule has 3 unspecified atom stereocenters. The Morgan fingerprint density at radius 3 is 2.29 bits per heavy atom. The Hall–Kier alpha value is -1.45. The van der Waals surface area contributed by atoms with Crippen LogP contribution in [0.25, 0.3) is 0 Å². The Morgan fingerprint density at radius 2 is 1.75 bits per heavy atom. The van der Waals surface area contributed by atoms with E-state index in [4.69, 9.17) is 9.47 Å². The van der Waals surface area contributed by atoms with Gasteiger partial charge in [0.2, 0.25) is 0 Å². The molecule has 0 saturated heterocycles. The number of benzene rings is 1. The van der Waals surface area contributed by atoms with Crippen LogP contribution in [0.15, 0.2) is 37.4 Å². The summed E-state index contributed by atoms with van der Waals surface area (Å²) in [4.78, 5) is 10.9. The summed E-state index contributed by atoms with van der Waals surface area (Å²) in [7, 11) is 0. The highest BCUT2D eigenvalue weighted by atomic mass is 16.7. The highest BCUT2D eigenvalue weighted by Crippen LogP contribution is 2.39. The van der Waals surface area contributed by atoms with Crippen LogP contribution in [-0.2, 0) is 9.47 Å². The van der Waals surface area contributed by atoms with Crippen LogP contribution in [0.1, 0.15) is 88.6 Å². The van der Waals surface area contributed by atoms with Crippen LogP contribution in [0, 0.1) is 11.8 Å². The molecule has 0 aliphatic heterocycles. The minimum atomic E-state index is -0.0370. The normalized spacial score (nSPS) is 19.6. The van der Waals surface area contributed by atoms with Gasteiger partial charge in [0.25, 0.3) is 0 Å². The standard InChI is InChI=1S/C17H24O.C6H14O2.C2H4/c1-3-14-6-4-8-16(10-14)13(2)17-9-5-7-15(11-17)12-18;1-4-7-6(3)8-5-2;1-2/h5,7,9,11-14,16H,3-4,6,8,10H2,1-2H3;6H,4-5H2,1-3H3;1-2H2. The third-order valence-electron chi connectivity index (χ3n) is 5.48. The lowest BCUT2D eigenvalue weighted by molar-refractivity contribution is -0.123. The van der Waals surface area contributed by atoms with E-state index in [-0.39, 0.29) is 6.29 Å². The fourth-order valence-corrected chi connectivity index (χ4v) is 3.86. The Morgan fingerprint density at radius 1 is 1.11 bits per heavy atom. The van der Waals surface area contributed by atoms with Gasteiger partial charge in [-0.15, -0.1) is 13.2 Å². The van der Waals surface area contributed by atoms with E-state index >= 15 is 0 Å². The molecule has 1 aliphatic carbocycles. The van der Waals surface area contributed by atoms with E-state index in [0.717, 1.165) is 36.9 Å². The van der Waals surface area contributed by atoms with Crippen LogP contribution >= 0.6 is 0 Å². The molecule has 0 radical (unpaired) electrons. The second kappa shape index (κ2) is 16.5. The zero-order chi connectivity index (χ0) is 21.4. The second-order valence-electron chi connectivity index (χ2n) is 7.26. The fourth-order valence-electron chi connectivity index (χ4n) is 3.86. The summed E-state index contributed by atoms with van der Waals surface area (Å²) in [5.74, 6) is 2.30. The van der Waals surface area contributed by atoms with Crippen molar-refractivity contribution in [3.63, 3.8) is 0 Å². The maximum absolute atomic E-state index is 10.9. The number of rotatable bonds is 8. The first kappa shape index (κ1) is 26.6. The first-order chi connectivity index (χ1) is 13.5. The summed E-state index contributed by atoms with van der Waals surface area (Å²) in [6.07, 6.45) is 7.73. The zero-order valence-corrected chi connectivity index (χ0v) is 18.8. The average molecular weight is 391 g/mol. The van der Waals surface area contributed by atoms with E-state index in [1.165, 1.54) is 37.7 Å². The first-order valence-corrected chi connectivity index (χ1v) is 10.8. The van der Waals surface area contributed by atoms with E-state index in [9.17, 15) is 4.79 Å². The lowest BCUT2D eigenvalue weighted by Gasteiger charge is -2.33. The van der Waals surface area contributed by atoms with Crippen LogP contribution in [0.2, 0.25) is 0 Å². The van der Waals surface area contributed by atoms with Crippen molar-refractivity contribution in [1.82, 2.24) is 0 Å². The quantitative estimate of drug-likeness (QED) is 0.271. The van der Waals surface area contributed by atoms with Crippen molar-refractivity contribution in [1.29, 1.82) is 0 Å². The van der Waals surface area contributed by atoms with Gasteiger partial charge >= 0.3 is 0 Å². The number of carbonyl (C=O) groups excluding carboxylic acids is 1. The summed E-state index contributed by atoms with van der Waals surface area (Å²) < 4.78 is 10.1. The van der Waals surface area contributed by atoms with Crippen LogP contribution in [0.5, 0.6) is 0 Å². The second-order valence-corrected chi connectivity index (χ2v) is 7.26. The van der Waals surface area contributed by atoms with E-state index < -0.39 is 0 Å². The number of ether oxygens (including phenoxy) is 2. The zero-order valence-electron chi connectivity index (χ0n) is 18.8. The topological polar surface area (TPSA) is 35.5 Å². The molecule has 3 heteroatoms. The summed E-state index contributed by atoms with van der Waals surface area (Å²) >= 11 is 0. The van der Waals surface area contributed by atoms with Gasteiger partial charge in [0.1, 0.15) is 6.29 Å². The molecule has 0 bridgehead atoms. The Bertz CT molecular complexity index is 508. The lowest BCUT2D eigenvalue weighted by Crippen LogP contribution is -2.20. The summed E-state index contributed by atoms with van der Waals surface area (Å²) in [5.41, 5.74) is 2.14. The summed E-state index contributed by atoms with van der Waals surface area (Å²) in [6.45, 7) is 17.9. The molecule has 0 heterocycles. The minimum absolute atomic E-state index is 0.0370. The van der Waals surface area contributed by atoms with Crippen LogP contribution in [0.4, 0.5) is 0 Å². The predicted molar refractivity (Wildman–Crippen MR) is 120 cm³/mol. The van der Waals surface area contributed by atoms with Gasteiger partial charge in [0.05, 0.1) is 0 Å². The molecule has 3 nitrogen and oxygen atoms in total. The SMILES string of the molecule is C=C.CCC1CCCC(C(C)c2cccc(C=O)c2)C1.CCOC(C)OCC. The highest BCUT2D eigenvalue weighted by molar-refractivity contribution is 5.75. The molecule has 2 rings (SSSR count). The maximum Gasteiger partial charge on any atom is 0.154 e. The molecular weight excluding hydrogens is 348 g/mol. The van der Waals surface area contributed by atoms with Crippen molar-refractivity contribution in [3.8, 4) is 0 Å². The third kappa shape index (κ3) is 10.2. The molecule has 1 aromatic rings. The molecule has 1 saturated carbocycles. The highest BCUT2D eigenvalue weighted by Gasteiger charge is 2.26. The van der Waals surface area contributed by atoms with E-state index in [2.05, 4.69) is 39.1 Å². The molecule has 0 N–H and O–H groups in total. The molecule has 1 aromatic carbocycles.